The SMILES string of the molecule is COc1cc(OC)c(NC(=O)C2CC2c2ccc(C(F)(F)F)cc2)cc1Cl. The second kappa shape index (κ2) is 7.31. The zero-order chi connectivity index (χ0) is 19.8. The fraction of sp³-hybridized carbons (Fsp3) is 0.316. The van der Waals surface area contributed by atoms with Gasteiger partial charge in [-0.3, -0.25) is 4.79 Å². The molecule has 1 aliphatic carbocycles. The monoisotopic (exact) mass is 399 g/mol. The number of carbonyl (C=O) groups excluding carboxylic acids is 1. The summed E-state index contributed by atoms with van der Waals surface area (Å²) in [4.78, 5) is 12.5. The molecular weight excluding hydrogens is 383 g/mol. The highest BCUT2D eigenvalue weighted by atomic mass is 35.5. The van der Waals surface area contributed by atoms with Gasteiger partial charge in [-0.15, -0.1) is 0 Å². The molecule has 1 fully saturated rings. The van der Waals surface area contributed by atoms with E-state index in [1.807, 2.05) is 0 Å². The molecule has 144 valence electrons. The van der Waals surface area contributed by atoms with E-state index in [9.17, 15) is 18.0 Å². The fourth-order valence-electron chi connectivity index (χ4n) is 2.96. The minimum atomic E-state index is -4.37. The van der Waals surface area contributed by atoms with Crippen molar-refractivity contribution < 1.29 is 27.4 Å². The number of hydrogen-bond donors (Lipinski definition) is 1. The Morgan fingerprint density at radius 1 is 1.11 bits per heavy atom. The maximum absolute atomic E-state index is 12.6. The van der Waals surface area contributed by atoms with Crippen LogP contribution >= 0.6 is 11.6 Å². The number of methoxy groups -OCH3 is 2. The van der Waals surface area contributed by atoms with Crippen LogP contribution in [0.1, 0.15) is 23.5 Å². The smallest absolute Gasteiger partial charge is 0.416 e. The summed E-state index contributed by atoms with van der Waals surface area (Å²) >= 11 is 6.09. The normalized spacial score (nSPS) is 18.7. The third kappa shape index (κ3) is 4.13. The molecule has 0 heterocycles. The minimum absolute atomic E-state index is 0.105. The van der Waals surface area contributed by atoms with Gasteiger partial charge in [0, 0.05) is 12.0 Å². The molecule has 1 aliphatic rings. The highest BCUT2D eigenvalue weighted by Crippen LogP contribution is 2.49. The second-order valence-electron chi connectivity index (χ2n) is 6.24. The van der Waals surface area contributed by atoms with Crippen molar-refractivity contribution in [3.63, 3.8) is 0 Å². The summed E-state index contributed by atoms with van der Waals surface area (Å²) in [6.45, 7) is 0. The lowest BCUT2D eigenvalue weighted by molar-refractivity contribution is -0.137. The Bertz CT molecular complexity index is 853. The summed E-state index contributed by atoms with van der Waals surface area (Å²) in [6.07, 6.45) is -3.80. The maximum atomic E-state index is 12.6. The Labute approximate surface area is 159 Å². The van der Waals surface area contributed by atoms with Gasteiger partial charge in [0.25, 0.3) is 0 Å². The van der Waals surface area contributed by atoms with Crippen LogP contribution in [0.25, 0.3) is 0 Å². The average molecular weight is 400 g/mol. The molecule has 3 rings (SSSR count). The number of ether oxygens (including phenoxy) is 2. The van der Waals surface area contributed by atoms with Crippen molar-refractivity contribution in [2.75, 3.05) is 19.5 Å². The van der Waals surface area contributed by atoms with Gasteiger partial charge in [-0.1, -0.05) is 23.7 Å². The average Bonchev–Trinajstić information content (AvgIpc) is 3.42. The number of hydrogen-bond acceptors (Lipinski definition) is 3. The Balaban J connectivity index is 1.70. The zero-order valence-electron chi connectivity index (χ0n) is 14.6. The van der Waals surface area contributed by atoms with E-state index in [4.69, 9.17) is 21.1 Å². The van der Waals surface area contributed by atoms with Crippen LogP contribution in [0.5, 0.6) is 11.5 Å². The third-order valence-electron chi connectivity index (χ3n) is 4.53. The van der Waals surface area contributed by atoms with Gasteiger partial charge in [-0.2, -0.15) is 13.2 Å². The molecule has 0 saturated heterocycles. The van der Waals surface area contributed by atoms with Gasteiger partial charge in [0.15, 0.2) is 0 Å². The zero-order valence-corrected chi connectivity index (χ0v) is 15.3. The Morgan fingerprint density at radius 3 is 2.30 bits per heavy atom. The van der Waals surface area contributed by atoms with Gasteiger partial charge in [0.05, 0.1) is 30.5 Å². The lowest BCUT2D eigenvalue weighted by Gasteiger charge is -2.13. The van der Waals surface area contributed by atoms with Crippen LogP contribution in [0.4, 0.5) is 18.9 Å². The number of halogens is 4. The molecule has 8 heteroatoms. The molecule has 0 aliphatic heterocycles. The van der Waals surface area contributed by atoms with Gasteiger partial charge in [0.1, 0.15) is 11.5 Å². The van der Waals surface area contributed by atoms with Crippen LogP contribution in [0.15, 0.2) is 36.4 Å². The highest BCUT2D eigenvalue weighted by molar-refractivity contribution is 6.32. The van der Waals surface area contributed by atoms with E-state index in [1.54, 1.807) is 6.07 Å². The van der Waals surface area contributed by atoms with Crippen molar-refractivity contribution in [3.05, 3.63) is 52.5 Å². The number of anilines is 1. The summed E-state index contributed by atoms with van der Waals surface area (Å²) < 4.78 is 48.3. The Hall–Kier alpha value is -2.41. The summed E-state index contributed by atoms with van der Waals surface area (Å²) in [5.74, 6) is 0.163. The third-order valence-corrected chi connectivity index (χ3v) is 4.82. The van der Waals surface area contributed by atoms with E-state index in [-0.39, 0.29) is 17.7 Å². The van der Waals surface area contributed by atoms with E-state index in [0.717, 1.165) is 12.1 Å². The van der Waals surface area contributed by atoms with Crippen molar-refractivity contribution >= 4 is 23.2 Å². The lowest BCUT2D eigenvalue weighted by atomic mass is 10.1. The van der Waals surface area contributed by atoms with Gasteiger partial charge in [0.2, 0.25) is 5.91 Å². The largest absolute Gasteiger partial charge is 0.495 e. The number of amides is 1. The van der Waals surface area contributed by atoms with Crippen LogP contribution in [0, 0.1) is 5.92 Å². The molecule has 0 bridgehead atoms. The van der Waals surface area contributed by atoms with Gasteiger partial charge < -0.3 is 14.8 Å². The van der Waals surface area contributed by atoms with E-state index < -0.39 is 11.7 Å². The molecule has 2 aromatic carbocycles. The lowest BCUT2D eigenvalue weighted by Crippen LogP contribution is -2.15. The van der Waals surface area contributed by atoms with Crippen molar-refractivity contribution in [2.45, 2.75) is 18.5 Å². The number of benzene rings is 2. The Morgan fingerprint density at radius 2 is 1.74 bits per heavy atom. The van der Waals surface area contributed by atoms with E-state index >= 15 is 0 Å². The summed E-state index contributed by atoms with van der Waals surface area (Å²) in [5, 5.41) is 3.09. The molecule has 1 amide bonds. The molecular formula is C19H17ClF3NO3. The first kappa shape index (κ1) is 19.4. The molecule has 0 spiro atoms. The maximum Gasteiger partial charge on any atom is 0.416 e. The predicted octanol–water partition coefficient (Wildman–Crippen LogP) is 5.12. The van der Waals surface area contributed by atoms with Crippen LogP contribution in [-0.2, 0) is 11.0 Å². The molecule has 0 radical (unpaired) electrons. The number of nitrogens with one attached hydrogen (secondary N) is 1. The van der Waals surface area contributed by atoms with Gasteiger partial charge >= 0.3 is 6.18 Å². The van der Waals surface area contributed by atoms with Crippen molar-refractivity contribution in [3.8, 4) is 11.5 Å². The first-order valence-corrected chi connectivity index (χ1v) is 8.52. The van der Waals surface area contributed by atoms with E-state index in [2.05, 4.69) is 5.32 Å². The summed E-state index contributed by atoms with van der Waals surface area (Å²) in [7, 11) is 2.93. The summed E-state index contributed by atoms with van der Waals surface area (Å²) in [6, 6.07) is 8.02. The quantitative estimate of drug-likeness (QED) is 0.759. The standard InChI is InChI=1S/C19H17ClF3NO3/c1-26-16-9-17(27-2)15(8-14(16)20)24-18(25)13-7-12(13)10-3-5-11(6-4-10)19(21,22)23/h3-6,8-9,12-13H,7H2,1-2H3,(H,24,25). The van der Waals surface area contributed by atoms with Crippen LogP contribution in [0.3, 0.4) is 0 Å². The van der Waals surface area contributed by atoms with E-state index in [0.29, 0.717) is 34.2 Å². The number of alkyl halides is 3. The Kier molecular flexibility index (Phi) is 5.24. The van der Waals surface area contributed by atoms with Crippen molar-refractivity contribution in [1.82, 2.24) is 0 Å². The van der Waals surface area contributed by atoms with Crippen molar-refractivity contribution in [1.29, 1.82) is 0 Å². The van der Waals surface area contributed by atoms with Gasteiger partial charge in [-0.05, 0) is 36.1 Å². The summed E-state index contributed by atoms with van der Waals surface area (Å²) in [5.41, 5.74) is 0.416. The van der Waals surface area contributed by atoms with Crippen molar-refractivity contribution in [2.24, 2.45) is 5.92 Å². The van der Waals surface area contributed by atoms with Crippen LogP contribution < -0.4 is 14.8 Å². The van der Waals surface area contributed by atoms with Crippen LogP contribution in [0.2, 0.25) is 5.02 Å². The fourth-order valence-corrected chi connectivity index (χ4v) is 3.20. The van der Waals surface area contributed by atoms with Gasteiger partial charge in [-0.25, -0.2) is 0 Å². The molecule has 2 aromatic rings. The number of rotatable bonds is 5. The molecule has 2 atom stereocenters. The van der Waals surface area contributed by atoms with Crippen LogP contribution in [-0.4, -0.2) is 20.1 Å². The molecule has 4 nitrogen and oxygen atoms in total. The predicted molar refractivity (Wildman–Crippen MR) is 95.5 cm³/mol. The highest BCUT2D eigenvalue weighted by Gasteiger charge is 2.44. The first-order valence-electron chi connectivity index (χ1n) is 8.14. The number of carbonyl (C=O) groups is 1. The molecule has 2 unspecified atom stereocenters. The molecule has 0 aromatic heterocycles. The second-order valence-corrected chi connectivity index (χ2v) is 6.65. The minimum Gasteiger partial charge on any atom is -0.495 e. The first-order chi connectivity index (χ1) is 12.7. The molecule has 1 saturated carbocycles. The molecule has 27 heavy (non-hydrogen) atoms. The van der Waals surface area contributed by atoms with E-state index in [1.165, 1.54) is 32.4 Å². The molecule has 1 N–H and O–H groups in total. The topological polar surface area (TPSA) is 47.6 Å².